The minimum Gasteiger partial charge on any atom is -0.508 e. The molecule has 2 radical (unpaired) electrons. The summed E-state index contributed by atoms with van der Waals surface area (Å²) in [6.07, 6.45) is 1.85. The second-order valence-electron chi connectivity index (χ2n) is 4.76. The van der Waals surface area contributed by atoms with Gasteiger partial charge in [-0.25, -0.2) is 0 Å². The molecule has 0 unspecified atom stereocenters. The minimum atomic E-state index is 0. The molecule has 2 N–H and O–H groups in total. The van der Waals surface area contributed by atoms with E-state index in [1.54, 1.807) is 24.3 Å². The number of phenolic OH excluding ortho intramolecular Hbond substituents is 2. The van der Waals surface area contributed by atoms with Crippen LogP contribution < -0.4 is 0 Å². The van der Waals surface area contributed by atoms with Crippen LogP contribution in [-0.4, -0.2) is 69.3 Å². The molecule has 106 valence electrons. The number of allylic oxidation sites excluding steroid dienone is 2. The average molecular weight is 314 g/mol. The van der Waals surface area contributed by atoms with Gasteiger partial charge < -0.3 is 10.2 Å². The van der Waals surface area contributed by atoms with E-state index in [1.807, 2.05) is 24.3 Å². The minimum absolute atomic E-state index is 0. The van der Waals surface area contributed by atoms with E-state index in [1.165, 1.54) is 11.1 Å². The molecule has 2 nitrogen and oxygen atoms in total. The van der Waals surface area contributed by atoms with Gasteiger partial charge in [-0.05, 0) is 59.4 Å². The number of hydrogen-bond acceptors (Lipinski definition) is 2. The van der Waals surface area contributed by atoms with Gasteiger partial charge in [-0.1, -0.05) is 38.1 Å². The molecule has 4 heteroatoms. The third kappa shape index (κ3) is 5.45. The van der Waals surface area contributed by atoms with Crippen LogP contribution in [0.3, 0.4) is 0 Å². The normalized spacial score (nSPS) is 11.0. The predicted molar refractivity (Wildman–Crippen MR) is 95.1 cm³/mol. The standard InChI is InChI=1S/C18H20O2.2Na/c1-3-17(13-5-9-15(19)10-6-13)18(4-2)14-7-11-16(20)12-8-14;;/h5-12,19-20H,3-4H2,1-2H3;;/b18-17+;;. The molecule has 2 rings (SSSR count). The van der Waals surface area contributed by atoms with Crippen molar-refractivity contribution in [2.45, 2.75) is 26.7 Å². The van der Waals surface area contributed by atoms with Gasteiger partial charge in [-0.2, -0.15) is 0 Å². The molecule has 0 aliphatic rings. The average Bonchev–Trinajstić information content (AvgIpc) is 2.47. The van der Waals surface area contributed by atoms with Crippen LogP contribution in [0, 0.1) is 0 Å². The summed E-state index contributed by atoms with van der Waals surface area (Å²) in [4.78, 5) is 0. The predicted octanol–water partition coefficient (Wildman–Crippen LogP) is 4.07. The Kier molecular flexibility index (Phi) is 10.4. The summed E-state index contributed by atoms with van der Waals surface area (Å²) in [5.74, 6) is 0.568. The van der Waals surface area contributed by atoms with Crippen molar-refractivity contribution in [1.29, 1.82) is 0 Å². The zero-order valence-electron chi connectivity index (χ0n) is 13.9. The monoisotopic (exact) mass is 314 g/mol. The maximum atomic E-state index is 9.41. The van der Waals surface area contributed by atoms with E-state index in [0.717, 1.165) is 24.0 Å². The molecule has 0 saturated carbocycles. The van der Waals surface area contributed by atoms with Gasteiger partial charge in [0.15, 0.2) is 0 Å². The fourth-order valence-corrected chi connectivity index (χ4v) is 2.51. The molecule has 0 bridgehead atoms. The summed E-state index contributed by atoms with van der Waals surface area (Å²) in [7, 11) is 0. The van der Waals surface area contributed by atoms with Gasteiger partial charge in [0, 0.05) is 59.1 Å². The van der Waals surface area contributed by atoms with Crippen LogP contribution in [0.4, 0.5) is 0 Å². The number of aromatic hydroxyl groups is 2. The molecule has 0 aliphatic carbocycles. The van der Waals surface area contributed by atoms with Gasteiger partial charge in [0.25, 0.3) is 0 Å². The number of hydrogen-bond donors (Lipinski definition) is 2. The molecule has 0 saturated heterocycles. The Hall–Kier alpha value is -0.220. The van der Waals surface area contributed by atoms with Crippen LogP contribution in [0.15, 0.2) is 48.5 Å². The van der Waals surface area contributed by atoms with Crippen molar-refractivity contribution >= 4 is 70.3 Å². The van der Waals surface area contributed by atoms with Crippen LogP contribution in [-0.2, 0) is 0 Å². The molecule has 0 aliphatic heterocycles. The first-order valence-corrected chi connectivity index (χ1v) is 6.96. The Balaban J connectivity index is 0.00000220. The fourth-order valence-electron chi connectivity index (χ4n) is 2.51. The van der Waals surface area contributed by atoms with E-state index in [0.29, 0.717) is 0 Å². The zero-order valence-corrected chi connectivity index (χ0v) is 17.9. The SMILES string of the molecule is CC/C(=C(/CC)c1ccc(O)cc1)c1ccc(O)cc1.[Na].[Na]. The van der Waals surface area contributed by atoms with Crippen molar-refractivity contribution in [2.75, 3.05) is 0 Å². The van der Waals surface area contributed by atoms with Crippen LogP contribution >= 0.6 is 0 Å². The van der Waals surface area contributed by atoms with Crippen LogP contribution in [0.1, 0.15) is 37.8 Å². The molecular formula is C18H20Na2O2. The van der Waals surface area contributed by atoms with Crippen LogP contribution in [0.5, 0.6) is 11.5 Å². The molecule has 22 heavy (non-hydrogen) atoms. The van der Waals surface area contributed by atoms with Crippen molar-refractivity contribution in [1.82, 2.24) is 0 Å². The molecule has 0 heterocycles. The summed E-state index contributed by atoms with van der Waals surface area (Å²) in [6, 6.07) is 14.7. The first-order valence-electron chi connectivity index (χ1n) is 6.96. The molecule has 2 aromatic carbocycles. The largest absolute Gasteiger partial charge is 0.508 e. The van der Waals surface area contributed by atoms with E-state index in [4.69, 9.17) is 0 Å². The number of phenols is 2. The Morgan fingerprint density at radius 2 is 0.909 bits per heavy atom. The van der Waals surface area contributed by atoms with Crippen molar-refractivity contribution in [2.24, 2.45) is 0 Å². The van der Waals surface area contributed by atoms with E-state index in [-0.39, 0.29) is 70.6 Å². The third-order valence-electron chi connectivity index (χ3n) is 3.50. The van der Waals surface area contributed by atoms with Crippen LogP contribution in [0.25, 0.3) is 11.1 Å². The molecule has 0 spiro atoms. The van der Waals surface area contributed by atoms with Crippen molar-refractivity contribution in [3.63, 3.8) is 0 Å². The molecule has 0 fully saturated rings. The van der Waals surface area contributed by atoms with Gasteiger partial charge in [-0.3, -0.25) is 0 Å². The summed E-state index contributed by atoms with van der Waals surface area (Å²) in [5.41, 5.74) is 4.82. The van der Waals surface area contributed by atoms with Gasteiger partial charge in [0.2, 0.25) is 0 Å². The van der Waals surface area contributed by atoms with E-state index < -0.39 is 0 Å². The summed E-state index contributed by atoms with van der Waals surface area (Å²) in [5, 5.41) is 18.8. The van der Waals surface area contributed by atoms with Gasteiger partial charge in [-0.15, -0.1) is 0 Å². The van der Waals surface area contributed by atoms with Gasteiger partial charge in [0.05, 0.1) is 0 Å². The summed E-state index contributed by atoms with van der Waals surface area (Å²) in [6.45, 7) is 4.27. The van der Waals surface area contributed by atoms with Crippen molar-refractivity contribution in [3.8, 4) is 11.5 Å². The van der Waals surface area contributed by atoms with Gasteiger partial charge >= 0.3 is 0 Å². The van der Waals surface area contributed by atoms with Crippen molar-refractivity contribution < 1.29 is 10.2 Å². The Morgan fingerprint density at radius 3 is 1.14 bits per heavy atom. The third-order valence-corrected chi connectivity index (χ3v) is 3.50. The first-order chi connectivity index (χ1) is 9.65. The van der Waals surface area contributed by atoms with E-state index in [9.17, 15) is 10.2 Å². The van der Waals surface area contributed by atoms with Crippen molar-refractivity contribution in [3.05, 3.63) is 59.7 Å². The summed E-state index contributed by atoms with van der Waals surface area (Å²) < 4.78 is 0. The summed E-state index contributed by atoms with van der Waals surface area (Å²) >= 11 is 0. The Bertz CT molecular complexity index is 546. The Morgan fingerprint density at radius 1 is 0.636 bits per heavy atom. The Labute approximate surface area is 176 Å². The first kappa shape index (κ1) is 21.8. The van der Waals surface area contributed by atoms with Gasteiger partial charge in [0.1, 0.15) is 11.5 Å². The van der Waals surface area contributed by atoms with E-state index in [2.05, 4.69) is 13.8 Å². The molecular weight excluding hydrogens is 294 g/mol. The quantitative estimate of drug-likeness (QED) is 0.660. The number of benzene rings is 2. The fraction of sp³-hybridized carbons (Fsp3) is 0.222. The second-order valence-corrected chi connectivity index (χ2v) is 4.76. The molecule has 0 amide bonds. The van der Waals surface area contributed by atoms with Crippen LogP contribution in [0.2, 0.25) is 0 Å². The molecule has 0 aromatic heterocycles. The zero-order chi connectivity index (χ0) is 14.5. The number of rotatable bonds is 4. The van der Waals surface area contributed by atoms with E-state index >= 15 is 0 Å². The molecule has 0 atom stereocenters. The second kappa shape index (κ2) is 10.5. The smallest absolute Gasteiger partial charge is 0.115 e. The maximum absolute atomic E-state index is 9.41. The maximum Gasteiger partial charge on any atom is 0.115 e. The topological polar surface area (TPSA) is 40.5 Å². The molecule has 2 aromatic rings.